The molecule has 0 fully saturated rings. The monoisotopic (exact) mass is 305 g/mol. The molecule has 0 unspecified atom stereocenters. The molecule has 6 heteroatoms. The molecule has 0 spiro atoms. The first kappa shape index (κ1) is 15.2. The number of nitrogens with two attached hydrogens (primary N) is 1. The van der Waals surface area contributed by atoms with Crippen molar-refractivity contribution in [3.63, 3.8) is 0 Å². The molecule has 5 nitrogen and oxygen atoms in total. The van der Waals surface area contributed by atoms with Gasteiger partial charge in [-0.05, 0) is 35.9 Å². The van der Waals surface area contributed by atoms with Gasteiger partial charge in [0.25, 0.3) is 0 Å². The molecule has 0 aliphatic carbocycles. The molecule has 3 N–H and O–H groups in total. The summed E-state index contributed by atoms with van der Waals surface area (Å²) in [6.45, 7) is 0. The van der Waals surface area contributed by atoms with Crippen molar-refractivity contribution >= 4 is 27.1 Å². The Hall–Kier alpha value is -2.21. The Bertz CT molecular complexity index is 710. The third-order valence-corrected chi connectivity index (χ3v) is 4.30. The van der Waals surface area contributed by atoms with Crippen LogP contribution in [0.4, 0.5) is 17.1 Å². The highest BCUT2D eigenvalue weighted by Crippen LogP contribution is 2.19. The molecule has 0 saturated heterocycles. The van der Waals surface area contributed by atoms with Crippen molar-refractivity contribution in [2.45, 2.75) is 5.75 Å². The summed E-state index contributed by atoms with van der Waals surface area (Å²) in [6.07, 6.45) is 0. The van der Waals surface area contributed by atoms with Gasteiger partial charge in [-0.2, -0.15) is 0 Å². The first-order valence-corrected chi connectivity index (χ1v) is 8.14. The first-order chi connectivity index (χ1) is 9.87. The Balaban J connectivity index is 2.12. The number of anilines is 3. The topological polar surface area (TPSA) is 75.4 Å². The second-order valence-electron chi connectivity index (χ2n) is 5.00. The second-order valence-corrected chi connectivity index (χ2v) is 6.72. The molecular formula is C15H19N3O2S. The summed E-state index contributed by atoms with van der Waals surface area (Å²) in [4.78, 5) is 1.95. The van der Waals surface area contributed by atoms with E-state index in [-0.39, 0.29) is 5.75 Å². The molecule has 0 aromatic heterocycles. The second kappa shape index (κ2) is 6.05. The molecule has 0 amide bonds. The van der Waals surface area contributed by atoms with Gasteiger partial charge in [0, 0.05) is 31.2 Å². The van der Waals surface area contributed by atoms with Crippen LogP contribution in [0.3, 0.4) is 0 Å². The van der Waals surface area contributed by atoms with Crippen LogP contribution in [-0.2, 0) is 15.8 Å². The third kappa shape index (κ3) is 4.13. The average molecular weight is 305 g/mol. The van der Waals surface area contributed by atoms with E-state index >= 15 is 0 Å². The number of sulfonamides is 1. The van der Waals surface area contributed by atoms with Crippen molar-refractivity contribution in [2.75, 3.05) is 29.5 Å². The summed E-state index contributed by atoms with van der Waals surface area (Å²) in [7, 11) is 0.369. The fraction of sp³-hybridized carbons (Fsp3) is 0.200. The quantitative estimate of drug-likeness (QED) is 0.831. The van der Waals surface area contributed by atoms with Crippen molar-refractivity contribution in [1.82, 2.24) is 0 Å². The molecule has 0 aliphatic rings. The normalized spacial score (nSPS) is 11.1. The molecule has 0 bridgehead atoms. The zero-order valence-electron chi connectivity index (χ0n) is 12.1. The van der Waals surface area contributed by atoms with E-state index in [0.29, 0.717) is 16.9 Å². The van der Waals surface area contributed by atoms with Crippen LogP contribution < -0.4 is 15.4 Å². The Morgan fingerprint density at radius 3 is 2.24 bits per heavy atom. The molecule has 2 aromatic carbocycles. The van der Waals surface area contributed by atoms with E-state index in [1.54, 1.807) is 36.4 Å². The van der Waals surface area contributed by atoms with Gasteiger partial charge in [0.2, 0.25) is 10.0 Å². The minimum Gasteiger partial charge on any atom is -0.398 e. The fourth-order valence-corrected chi connectivity index (χ4v) is 3.15. The van der Waals surface area contributed by atoms with Crippen LogP contribution in [0.15, 0.2) is 48.5 Å². The number of nitrogen functional groups attached to an aromatic ring is 1. The van der Waals surface area contributed by atoms with Crippen LogP contribution in [0.25, 0.3) is 0 Å². The van der Waals surface area contributed by atoms with Crippen LogP contribution >= 0.6 is 0 Å². The predicted octanol–water partition coefficient (Wildman–Crippen LogP) is 2.28. The largest absolute Gasteiger partial charge is 0.398 e. The van der Waals surface area contributed by atoms with Crippen LogP contribution in [0.1, 0.15) is 5.56 Å². The van der Waals surface area contributed by atoms with E-state index < -0.39 is 10.0 Å². The van der Waals surface area contributed by atoms with Crippen molar-refractivity contribution in [2.24, 2.45) is 0 Å². The van der Waals surface area contributed by atoms with Crippen LogP contribution in [0.5, 0.6) is 0 Å². The van der Waals surface area contributed by atoms with Gasteiger partial charge in [-0.3, -0.25) is 4.72 Å². The summed E-state index contributed by atoms with van der Waals surface area (Å²) in [6, 6.07) is 14.1. The molecule has 0 saturated carbocycles. The minimum absolute atomic E-state index is 0.144. The molecule has 0 aliphatic heterocycles. The lowest BCUT2D eigenvalue weighted by Crippen LogP contribution is -2.16. The van der Waals surface area contributed by atoms with Gasteiger partial charge in [0.1, 0.15) is 0 Å². The zero-order valence-corrected chi connectivity index (χ0v) is 12.9. The molecule has 2 aromatic rings. The van der Waals surface area contributed by atoms with E-state index in [9.17, 15) is 8.42 Å². The van der Waals surface area contributed by atoms with Crippen molar-refractivity contribution in [3.05, 3.63) is 54.1 Å². The summed E-state index contributed by atoms with van der Waals surface area (Å²) in [5, 5.41) is 0. The lowest BCUT2D eigenvalue weighted by molar-refractivity contribution is 0.600. The summed E-state index contributed by atoms with van der Waals surface area (Å²) >= 11 is 0. The highest BCUT2D eigenvalue weighted by molar-refractivity contribution is 7.91. The third-order valence-electron chi connectivity index (χ3n) is 3.06. The fourth-order valence-electron chi connectivity index (χ4n) is 1.91. The Morgan fingerprint density at radius 1 is 1.05 bits per heavy atom. The minimum atomic E-state index is -3.49. The van der Waals surface area contributed by atoms with Crippen LogP contribution in [-0.4, -0.2) is 22.5 Å². The van der Waals surface area contributed by atoms with E-state index in [0.717, 1.165) is 5.69 Å². The molecule has 2 rings (SSSR count). The molecule has 21 heavy (non-hydrogen) atoms. The van der Waals surface area contributed by atoms with Crippen LogP contribution in [0.2, 0.25) is 0 Å². The van der Waals surface area contributed by atoms with Crippen molar-refractivity contribution < 1.29 is 8.42 Å². The van der Waals surface area contributed by atoms with Gasteiger partial charge in [-0.15, -0.1) is 0 Å². The smallest absolute Gasteiger partial charge is 0.236 e. The molecule has 0 heterocycles. The number of rotatable bonds is 5. The van der Waals surface area contributed by atoms with Gasteiger partial charge in [-0.1, -0.05) is 18.2 Å². The maximum absolute atomic E-state index is 12.2. The molecule has 112 valence electrons. The highest BCUT2D eigenvalue weighted by atomic mass is 32.2. The molecule has 0 radical (unpaired) electrons. The average Bonchev–Trinajstić information content (AvgIpc) is 2.41. The summed E-state index contributed by atoms with van der Waals surface area (Å²) in [5.74, 6) is -0.144. The zero-order chi connectivity index (χ0) is 15.5. The summed E-state index contributed by atoms with van der Waals surface area (Å²) in [5.41, 5.74) is 8.39. The lowest BCUT2D eigenvalue weighted by atomic mass is 10.2. The number of nitrogens with one attached hydrogen (secondary N) is 1. The van der Waals surface area contributed by atoms with E-state index in [2.05, 4.69) is 4.72 Å². The van der Waals surface area contributed by atoms with E-state index in [4.69, 9.17) is 5.73 Å². The molecular weight excluding hydrogens is 286 g/mol. The number of hydrogen-bond donors (Lipinski definition) is 2. The maximum Gasteiger partial charge on any atom is 0.236 e. The summed E-state index contributed by atoms with van der Waals surface area (Å²) < 4.78 is 26.9. The van der Waals surface area contributed by atoms with Gasteiger partial charge in [-0.25, -0.2) is 8.42 Å². The van der Waals surface area contributed by atoms with Gasteiger partial charge < -0.3 is 10.6 Å². The van der Waals surface area contributed by atoms with Gasteiger partial charge in [0.15, 0.2) is 0 Å². The SMILES string of the molecule is CN(C)c1ccc(NS(=O)(=O)Cc2ccccc2N)cc1. The first-order valence-electron chi connectivity index (χ1n) is 6.49. The number of nitrogens with zero attached hydrogens (tertiary/aromatic N) is 1. The van der Waals surface area contributed by atoms with Crippen LogP contribution in [0, 0.1) is 0 Å². The Labute approximate surface area is 125 Å². The number of hydrogen-bond acceptors (Lipinski definition) is 4. The predicted molar refractivity (Wildman–Crippen MR) is 87.9 cm³/mol. The molecule has 0 atom stereocenters. The number of benzene rings is 2. The lowest BCUT2D eigenvalue weighted by Gasteiger charge is -2.14. The van der Waals surface area contributed by atoms with Crippen molar-refractivity contribution in [3.8, 4) is 0 Å². The standard InChI is InChI=1S/C15H19N3O2S/c1-18(2)14-9-7-13(8-10-14)17-21(19,20)11-12-5-3-4-6-15(12)16/h3-10,17H,11,16H2,1-2H3. The number of para-hydroxylation sites is 1. The van der Waals surface area contributed by atoms with Gasteiger partial charge in [0.05, 0.1) is 5.75 Å². The maximum atomic E-state index is 12.2. The highest BCUT2D eigenvalue weighted by Gasteiger charge is 2.13. The van der Waals surface area contributed by atoms with E-state index in [1.807, 2.05) is 31.1 Å². The Morgan fingerprint density at radius 2 is 1.67 bits per heavy atom. The Kier molecular flexibility index (Phi) is 4.37. The van der Waals surface area contributed by atoms with Crippen molar-refractivity contribution in [1.29, 1.82) is 0 Å². The van der Waals surface area contributed by atoms with E-state index in [1.165, 1.54) is 0 Å². The van der Waals surface area contributed by atoms with Gasteiger partial charge >= 0.3 is 0 Å².